The van der Waals surface area contributed by atoms with Gasteiger partial charge in [-0.1, -0.05) is 12.1 Å². The van der Waals surface area contributed by atoms with Crippen molar-refractivity contribution in [1.82, 2.24) is 19.7 Å². The number of benzene rings is 2. The molecule has 186 valence electrons. The summed E-state index contributed by atoms with van der Waals surface area (Å²) in [5.41, 5.74) is 2.17. The number of aromatic nitrogens is 1. The van der Waals surface area contributed by atoms with Gasteiger partial charge in [0.25, 0.3) is 5.91 Å². The molecule has 0 N–H and O–H groups in total. The van der Waals surface area contributed by atoms with Crippen molar-refractivity contribution in [2.45, 2.75) is 19.6 Å². The van der Waals surface area contributed by atoms with Crippen LogP contribution in [-0.2, 0) is 19.6 Å². The summed E-state index contributed by atoms with van der Waals surface area (Å²) in [7, 11) is 5.29. The number of methoxy groups -OCH3 is 2. The first-order valence-corrected chi connectivity index (χ1v) is 11.5. The number of ether oxygens (including phenoxy) is 2. The fourth-order valence-electron chi connectivity index (χ4n) is 4.11. The van der Waals surface area contributed by atoms with Crippen LogP contribution in [0, 0.1) is 5.82 Å². The van der Waals surface area contributed by atoms with E-state index in [0.29, 0.717) is 44.3 Å². The van der Waals surface area contributed by atoms with Gasteiger partial charge in [0.05, 0.1) is 20.8 Å². The van der Waals surface area contributed by atoms with Crippen molar-refractivity contribution >= 4 is 5.91 Å². The van der Waals surface area contributed by atoms with Crippen LogP contribution >= 0.6 is 0 Å². The lowest BCUT2D eigenvalue weighted by molar-refractivity contribution is 0.0658. The van der Waals surface area contributed by atoms with Gasteiger partial charge in [-0.15, -0.1) is 0 Å². The molecule has 1 saturated heterocycles. The second kappa shape index (κ2) is 11.3. The van der Waals surface area contributed by atoms with Gasteiger partial charge in [0.2, 0.25) is 5.89 Å². The highest BCUT2D eigenvalue weighted by molar-refractivity contribution is 5.92. The standard InChI is InChI=1S/C26H31FN4O4/c1-29-10-12-31(13-11-29)26(32)23-18-35-25(28-23)17-30(15-19-4-6-21(27)7-5-19)16-20-14-22(33-2)8-9-24(20)34-3/h4-9,14,18H,10-13,15-17H2,1-3H3. The van der Waals surface area contributed by atoms with Crippen LogP contribution in [0.4, 0.5) is 4.39 Å². The smallest absolute Gasteiger partial charge is 0.275 e. The van der Waals surface area contributed by atoms with Crippen LogP contribution in [0.1, 0.15) is 27.5 Å². The largest absolute Gasteiger partial charge is 0.497 e. The summed E-state index contributed by atoms with van der Waals surface area (Å²) >= 11 is 0. The van der Waals surface area contributed by atoms with Gasteiger partial charge in [0.15, 0.2) is 5.69 Å². The Labute approximate surface area is 204 Å². The molecule has 1 fully saturated rings. The summed E-state index contributed by atoms with van der Waals surface area (Å²) in [6, 6.07) is 12.0. The molecular formula is C26H31FN4O4. The molecule has 8 nitrogen and oxygen atoms in total. The Hall–Kier alpha value is -3.43. The third-order valence-electron chi connectivity index (χ3n) is 6.12. The van der Waals surface area contributed by atoms with Crippen LogP contribution in [0.3, 0.4) is 0 Å². The number of hydrogen-bond donors (Lipinski definition) is 0. The fourth-order valence-corrected chi connectivity index (χ4v) is 4.11. The van der Waals surface area contributed by atoms with E-state index in [1.807, 2.05) is 25.2 Å². The first-order chi connectivity index (χ1) is 16.9. The van der Waals surface area contributed by atoms with Crippen LogP contribution in [0.5, 0.6) is 11.5 Å². The van der Waals surface area contributed by atoms with Crippen molar-refractivity contribution < 1.29 is 23.1 Å². The molecule has 0 unspecified atom stereocenters. The minimum atomic E-state index is -0.283. The molecule has 1 aliphatic rings. The molecule has 0 atom stereocenters. The average Bonchev–Trinajstić information content (AvgIpc) is 3.33. The molecule has 9 heteroatoms. The summed E-state index contributed by atoms with van der Waals surface area (Å²) in [6.07, 6.45) is 1.43. The molecule has 3 aromatic rings. The lowest BCUT2D eigenvalue weighted by atomic mass is 10.1. The molecule has 0 bridgehead atoms. The Morgan fingerprint density at radius 1 is 1.03 bits per heavy atom. The highest BCUT2D eigenvalue weighted by Crippen LogP contribution is 2.26. The molecule has 0 aliphatic carbocycles. The van der Waals surface area contributed by atoms with Crippen LogP contribution in [0.25, 0.3) is 0 Å². The first-order valence-electron chi connectivity index (χ1n) is 11.5. The molecule has 2 heterocycles. The Morgan fingerprint density at radius 2 is 1.77 bits per heavy atom. The normalized spacial score (nSPS) is 14.4. The lowest BCUT2D eigenvalue weighted by Crippen LogP contribution is -2.47. The number of likely N-dealkylation sites (N-methyl/N-ethyl adjacent to an activating group) is 1. The van der Waals surface area contributed by atoms with Crippen molar-refractivity contribution in [2.24, 2.45) is 0 Å². The Kier molecular flexibility index (Phi) is 7.99. The van der Waals surface area contributed by atoms with E-state index >= 15 is 0 Å². The number of carbonyl (C=O) groups excluding carboxylic acids is 1. The van der Waals surface area contributed by atoms with Gasteiger partial charge in [-0.3, -0.25) is 9.69 Å². The Balaban J connectivity index is 1.53. The molecule has 1 aliphatic heterocycles. The third-order valence-corrected chi connectivity index (χ3v) is 6.12. The van der Waals surface area contributed by atoms with Crippen molar-refractivity contribution in [3.8, 4) is 11.5 Å². The second-order valence-electron chi connectivity index (χ2n) is 8.67. The zero-order valence-electron chi connectivity index (χ0n) is 20.4. The van der Waals surface area contributed by atoms with E-state index in [1.165, 1.54) is 18.4 Å². The van der Waals surface area contributed by atoms with Gasteiger partial charge >= 0.3 is 0 Å². The first kappa shape index (κ1) is 24.7. The Morgan fingerprint density at radius 3 is 2.46 bits per heavy atom. The zero-order valence-corrected chi connectivity index (χ0v) is 20.4. The van der Waals surface area contributed by atoms with Crippen molar-refractivity contribution in [1.29, 1.82) is 0 Å². The molecule has 4 rings (SSSR count). The molecule has 0 spiro atoms. The number of amides is 1. The predicted octanol–water partition coefficient (Wildman–Crippen LogP) is 3.42. The van der Waals surface area contributed by atoms with Crippen LogP contribution in [0.15, 0.2) is 53.1 Å². The molecule has 0 radical (unpaired) electrons. The summed E-state index contributed by atoms with van der Waals surface area (Å²) in [4.78, 5) is 23.5. The van der Waals surface area contributed by atoms with Crippen LogP contribution in [-0.4, -0.2) is 73.0 Å². The number of carbonyl (C=O) groups is 1. The number of halogens is 1. The average molecular weight is 483 g/mol. The second-order valence-corrected chi connectivity index (χ2v) is 8.67. The molecule has 35 heavy (non-hydrogen) atoms. The maximum atomic E-state index is 13.4. The minimum Gasteiger partial charge on any atom is -0.497 e. The fraction of sp³-hybridized carbons (Fsp3) is 0.385. The highest BCUT2D eigenvalue weighted by Gasteiger charge is 2.24. The number of nitrogens with zero attached hydrogens (tertiary/aromatic N) is 4. The maximum Gasteiger partial charge on any atom is 0.275 e. The monoisotopic (exact) mass is 482 g/mol. The van der Waals surface area contributed by atoms with E-state index < -0.39 is 0 Å². The number of piperazine rings is 1. The summed E-state index contributed by atoms with van der Waals surface area (Å²) in [5, 5.41) is 0. The summed E-state index contributed by atoms with van der Waals surface area (Å²) in [6.45, 7) is 4.39. The van der Waals surface area contributed by atoms with E-state index in [4.69, 9.17) is 13.9 Å². The maximum absolute atomic E-state index is 13.4. The third kappa shape index (κ3) is 6.37. The molecule has 1 aromatic heterocycles. The SMILES string of the molecule is COc1ccc(OC)c(CN(Cc2ccc(F)cc2)Cc2nc(C(=O)N3CCN(C)CC3)co2)c1. The number of hydrogen-bond acceptors (Lipinski definition) is 7. The van der Waals surface area contributed by atoms with Crippen LogP contribution < -0.4 is 9.47 Å². The van der Waals surface area contributed by atoms with Gasteiger partial charge in [-0.05, 0) is 42.9 Å². The van der Waals surface area contributed by atoms with Crippen molar-refractivity contribution in [2.75, 3.05) is 47.4 Å². The van der Waals surface area contributed by atoms with Gasteiger partial charge in [0.1, 0.15) is 23.6 Å². The van der Waals surface area contributed by atoms with Gasteiger partial charge < -0.3 is 23.7 Å². The van der Waals surface area contributed by atoms with Gasteiger partial charge in [-0.2, -0.15) is 0 Å². The summed E-state index contributed by atoms with van der Waals surface area (Å²) < 4.78 is 30.1. The Bertz CT molecular complexity index is 1130. The topological polar surface area (TPSA) is 71.3 Å². The summed E-state index contributed by atoms with van der Waals surface area (Å²) in [5.74, 6) is 1.49. The van der Waals surface area contributed by atoms with Crippen molar-refractivity contribution in [3.05, 3.63) is 77.3 Å². The van der Waals surface area contributed by atoms with Gasteiger partial charge in [0, 0.05) is 44.8 Å². The molecule has 2 aromatic carbocycles. The van der Waals surface area contributed by atoms with E-state index in [1.54, 1.807) is 31.3 Å². The van der Waals surface area contributed by atoms with E-state index in [9.17, 15) is 9.18 Å². The lowest BCUT2D eigenvalue weighted by Gasteiger charge is -2.31. The van der Waals surface area contributed by atoms with Gasteiger partial charge in [-0.25, -0.2) is 9.37 Å². The quantitative estimate of drug-likeness (QED) is 0.463. The molecular weight excluding hydrogens is 451 g/mol. The number of rotatable bonds is 9. The van der Waals surface area contributed by atoms with E-state index in [2.05, 4.69) is 14.8 Å². The number of oxazole rings is 1. The molecule has 1 amide bonds. The predicted molar refractivity (Wildman–Crippen MR) is 129 cm³/mol. The highest BCUT2D eigenvalue weighted by atomic mass is 19.1. The zero-order chi connectivity index (χ0) is 24.8. The molecule has 0 saturated carbocycles. The van der Waals surface area contributed by atoms with E-state index in [0.717, 1.165) is 35.7 Å². The van der Waals surface area contributed by atoms with Crippen molar-refractivity contribution in [3.63, 3.8) is 0 Å². The van der Waals surface area contributed by atoms with Crippen LogP contribution in [0.2, 0.25) is 0 Å². The van der Waals surface area contributed by atoms with E-state index in [-0.39, 0.29) is 11.7 Å². The minimum absolute atomic E-state index is 0.118.